The smallest absolute Gasteiger partial charge is 0.491 e. The zero-order valence-corrected chi connectivity index (χ0v) is 24.8. The molecule has 2 aromatic carbocycles. The number of nitrogens with zero attached hydrogens (tertiary/aromatic N) is 1. The summed E-state index contributed by atoms with van der Waals surface area (Å²) < 4.78 is 25.5. The number of ether oxygens (including phenoxy) is 5. The maximum Gasteiger partial charge on any atom is 0.511 e. The Balaban J connectivity index is 1.19. The summed E-state index contributed by atoms with van der Waals surface area (Å²) in [5, 5.41) is 13.4. The van der Waals surface area contributed by atoms with Gasteiger partial charge in [0.15, 0.2) is 0 Å². The Hall–Kier alpha value is -5.46. The van der Waals surface area contributed by atoms with E-state index in [-0.39, 0.29) is 44.0 Å². The standard InChI is InChI=1S/C32H34N4O9/c1-3-41-32(40)45-20(2)44-28(37)16-24-15-25(35-30(24)38)19-42-26-12-9-22(10-13-26)27-14-11-23(17-34-27)29(33)36-31(39)43-18-21-7-5-4-6-8-21/h4-14,17,20,24-25H,3,15-16,18-19H2,1-2H3,(H,35,38)(H2,33,36,39)/t20?,24-,25-/m0/s1. The molecule has 1 aliphatic rings. The normalized spacial score (nSPS) is 16.1. The molecule has 1 unspecified atom stereocenters. The first-order valence-corrected chi connectivity index (χ1v) is 14.3. The van der Waals surface area contributed by atoms with Gasteiger partial charge in [-0.1, -0.05) is 30.3 Å². The van der Waals surface area contributed by atoms with Crippen LogP contribution in [-0.4, -0.2) is 60.5 Å². The maximum atomic E-state index is 12.4. The van der Waals surface area contributed by atoms with Gasteiger partial charge in [0.05, 0.1) is 30.7 Å². The molecule has 3 aromatic rings. The zero-order valence-electron chi connectivity index (χ0n) is 24.8. The van der Waals surface area contributed by atoms with Gasteiger partial charge in [-0.3, -0.25) is 25.3 Å². The van der Waals surface area contributed by atoms with Crippen molar-refractivity contribution in [3.63, 3.8) is 0 Å². The molecule has 0 bridgehead atoms. The van der Waals surface area contributed by atoms with Crippen molar-refractivity contribution in [1.29, 1.82) is 5.41 Å². The van der Waals surface area contributed by atoms with E-state index in [9.17, 15) is 19.2 Å². The molecule has 1 aromatic heterocycles. The predicted octanol–water partition coefficient (Wildman–Crippen LogP) is 4.34. The number of esters is 1. The molecule has 0 spiro atoms. The topological polar surface area (TPSA) is 175 Å². The second-order valence-electron chi connectivity index (χ2n) is 10.0. The molecular weight excluding hydrogens is 584 g/mol. The van der Waals surface area contributed by atoms with Crippen LogP contribution >= 0.6 is 0 Å². The zero-order chi connectivity index (χ0) is 32.2. The van der Waals surface area contributed by atoms with E-state index in [0.717, 1.165) is 11.1 Å². The first-order chi connectivity index (χ1) is 21.7. The minimum Gasteiger partial charge on any atom is -0.491 e. The summed E-state index contributed by atoms with van der Waals surface area (Å²) in [6, 6.07) is 19.6. The van der Waals surface area contributed by atoms with Crippen molar-refractivity contribution in [2.45, 2.75) is 45.6 Å². The van der Waals surface area contributed by atoms with Crippen LogP contribution in [0.3, 0.4) is 0 Å². The van der Waals surface area contributed by atoms with Crippen molar-refractivity contribution >= 4 is 30.0 Å². The molecule has 0 saturated carbocycles. The molecule has 3 N–H and O–H groups in total. The third-order valence-electron chi connectivity index (χ3n) is 6.61. The number of nitrogens with one attached hydrogen (secondary N) is 3. The molecule has 4 rings (SSSR count). The molecular formula is C32H34N4O9. The number of hydrogen-bond acceptors (Lipinski definition) is 11. The highest BCUT2D eigenvalue weighted by Gasteiger charge is 2.34. The number of carbonyl (C=O) groups excluding carboxylic acids is 4. The Bertz CT molecular complexity index is 1480. The van der Waals surface area contributed by atoms with Crippen LogP contribution in [-0.2, 0) is 35.1 Å². The monoisotopic (exact) mass is 618 g/mol. The lowest BCUT2D eigenvalue weighted by Crippen LogP contribution is -2.31. The third kappa shape index (κ3) is 10.1. The molecule has 3 atom stereocenters. The number of benzene rings is 2. The van der Waals surface area contributed by atoms with Crippen molar-refractivity contribution in [2.75, 3.05) is 13.2 Å². The van der Waals surface area contributed by atoms with E-state index in [4.69, 9.17) is 24.4 Å². The number of amidine groups is 1. The number of hydrogen-bond donors (Lipinski definition) is 3. The Morgan fingerprint density at radius 2 is 1.78 bits per heavy atom. The van der Waals surface area contributed by atoms with E-state index in [1.165, 1.54) is 13.1 Å². The molecule has 0 radical (unpaired) electrons. The summed E-state index contributed by atoms with van der Waals surface area (Å²) in [5.74, 6) is -1.09. The van der Waals surface area contributed by atoms with Crippen molar-refractivity contribution < 1.29 is 42.9 Å². The second kappa shape index (κ2) is 15.8. The minimum atomic E-state index is -1.14. The van der Waals surface area contributed by atoms with Crippen LogP contribution in [0.5, 0.6) is 5.75 Å². The summed E-state index contributed by atoms with van der Waals surface area (Å²) in [7, 11) is 0. The Morgan fingerprint density at radius 3 is 2.47 bits per heavy atom. The van der Waals surface area contributed by atoms with Crippen molar-refractivity contribution in [1.82, 2.24) is 15.6 Å². The fourth-order valence-corrected chi connectivity index (χ4v) is 4.42. The van der Waals surface area contributed by atoms with Gasteiger partial charge in [0, 0.05) is 24.2 Å². The predicted molar refractivity (Wildman–Crippen MR) is 160 cm³/mol. The van der Waals surface area contributed by atoms with Gasteiger partial charge in [0.1, 0.15) is 24.8 Å². The van der Waals surface area contributed by atoms with E-state index < -0.39 is 30.4 Å². The van der Waals surface area contributed by atoms with Gasteiger partial charge in [0.25, 0.3) is 0 Å². The van der Waals surface area contributed by atoms with Crippen LogP contribution in [0.2, 0.25) is 0 Å². The molecule has 236 valence electrons. The van der Waals surface area contributed by atoms with Crippen LogP contribution in [0.1, 0.15) is 37.8 Å². The molecule has 45 heavy (non-hydrogen) atoms. The van der Waals surface area contributed by atoms with Crippen LogP contribution in [0.25, 0.3) is 11.3 Å². The number of pyridine rings is 1. The number of aromatic nitrogens is 1. The summed E-state index contributed by atoms with van der Waals surface area (Å²) in [6.45, 7) is 3.43. The van der Waals surface area contributed by atoms with E-state index in [0.29, 0.717) is 23.4 Å². The highest BCUT2D eigenvalue weighted by Crippen LogP contribution is 2.24. The van der Waals surface area contributed by atoms with Crippen molar-refractivity contribution in [2.24, 2.45) is 5.92 Å². The lowest BCUT2D eigenvalue weighted by Gasteiger charge is -2.14. The summed E-state index contributed by atoms with van der Waals surface area (Å²) in [5.41, 5.74) is 2.72. The SMILES string of the molecule is CCOC(=O)OC(C)OC(=O)C[C@@H]1C[C@@H](COc2ccc(-c3ccc(C(=N)NC(=O)OCc4ccccc4)cn3)cc2)NC1=O. The molecule has 1 aliphatic heterocycles. The number of carbonyl (C=O) groups is 4. The minimum absolute atomic E-state index is 0.0968. The summed E-state index contributed by atoms with van der Waals surface area (Å²) in [6.07, 6.45) is -1.10. The van der Waals surface area contributed by atoms with Crippen LogP contribution in [0.15, 0.2) is 72.9 Å². The van der Waals surface area contributed by atoms with Gasteiger partial charge in [-0.05, 0) is 55.3 Å². The molecule has 13 heteroatoms. The molecule has 1 fully saturated rings. The third-order valence-corrected chi connectivity index (χ3v) is 6.61. The second-order valence-corrected chi connectivity index (χ2v) is 10.0. The highest BCUT2D eigenvalue weighted by atomic mass is 16.8. The first-order valence-electron chi connectivity index (χ1n) is 14.3. The van der Waals surface area contributed by atoms with E-state index in [2.05, 4.69) is 20.4 Å². The Kier molecular flexibility index (Phi) is 11.4. The number of rotatable bonds is 12. The molecule has 1 saturated heterocycles. The van der Waals surface area contributed by atoms with Gasteiger partial charge in [-0.15, -0.1) is 0 Å². The van der Waals surface area contributed by atoms with Crippen molar-refractivity contribution in [3.8, 4) is 17.0 Å². The van der Waals surface area contributed by atoms with Gasteiger partial charge >= 0.3 is 18.2 Å². The van der Waals surface area contributed by atoms with Gasteiger partial charge < -0.3 is 29.0 Å². The molecule has 2 heterocycles. The number of alkyl carbamates (subject to hydrolysis) is 1. The largest absolute Gasteiger partial charge is 0.511 e. The molecule has 13 nitrogen and oxygen atoms in total. The highest BCUT2D eigenvalue weighted by molar-refractivity contribution is 6.04. The Morgan fingerprint density at radius 1 is 1.02 bits per heavy atom. The average Bonchev–Trinajstić information content (AvgIpc) is 3.38. The fourth-order valence-electron chi connectivity index (χ4n) is 4.42. The summed E-state index contributed by atoms with van der Waals surface area (Å²) >= 11 is 0. The quantitative estimate of drug-likeness (QED) is 0.0871. The van der Waals surface area contributed by atoms with E-state index >= 15 is 0 Å². The van der Waals surface area contributed by atoms with Gasteiger partial charge in [-0.25, -0.2) is 9.59 Å². The van der Waals surface area contributed by atoms with Crippen LogP contribution in [0.4, 0.5) is 9.59 Å². The fraction of sp³-hybridized carbons (Fsp3) is 0.312. The lowest BCUT2D eigenvalue weighted by molar-refractivity contribution is -0.169. The van der Waals surface area contributed by atoms with E-state index in [1.54, 1.807) is 31.2 Å². The lowest BCUT2D eigenvalue weighted by atomic mass is 10.0. The van der Waals surface area contributed by atoms with Crippen molar-refractivity contribution in [3.05, 3.63) is 84.1 Å². The Labute approximate surface area is 259 Å². The van der Waals surface area contributed by atoms with E-state index in [1.807, 2.05) is 42.5 Å². The first kappa shape index (κ1) is 32.5. The average molecular weight is 619 g/mol. The van der Waals surface area contributed by atoms with Crippen LogP contribution in [0, 0.1) is 11.3 Å². The maximum absolute atomic E-state index is 12.4. The molecule has 0 aliphatic carbocycles. The van der Waals surface area contributed by atoms with Gasteiger partial charge in [0.2, 0.25) is 12.2 Å². The molecule has 2 amide bonds. The number of amides is 2. The van der Waals surface area contributed by atoms with Crippen LogP contribution < -0.4 is 15.4 Å². The van der Waals surface area contributed by atoms with Gasteiger partial charge in [-0.2, -0.15) is 0 Å². The summed E-state index contributed by atoms with van der Waals surface area (Å²) in [4.78, 5) is 52.3.